The lowest BCUT2D eigenvalue weighted by Gasteiger charge is -2.27. The monoisotopic (exact) mass is 220 g/mol. The molecular weight excluding hydrogens is 196 g/mol. The number of H-pyrrole nitrogens is 1. The normalized spacial score (nSPS) is 25.8. The number of aromatic nitrogens is 1. The van der Waals surface area contributed by atoms with E-state index in [0.29, 0.717) is 0 Å². The summed E-state index contributed by atoms with van der Waals surface area (Å²) in [6.45, 7) is 4.50. The highest BCUT2D eigenvalue weighted by molar-refractivity contribution is 5.02. The van der Waals surface area contributed by atoms with Crippen LogP contribution in [0.1, 0.15) is 44.7 Å². The Morgan fingerprint density at radius 3 is 2.62 bits per heavy atom. The summed E-state index contributed by atoms with van der Waals surface area (Å²) in [5, 5.41) is 3.56. The molecular formula is C14H24N2. The molecule has 0 aromatic carbocycles. The van der Waals surface area contributed by atoms with Gasteiger partial charge in [-0.15, -0.1) is 0 Å². The molecule has 0 radical (unpaired) electrons. The maximum absolute atomic E-state index is 3.56. The zero-order valence-corrected chi connectivity index (χ0v) is 10.3. The molecule has 0 saturated heterocycles. The smallest absolute Gasteiger partial charge is 0.0357 e. The first-order chi connectivity index (χ1) is 7.88. The number of nitrogens with one attached hydrogen (secondary N) is 2. The Morgan fingerprint density at radius 1 is 1.25 bits per heavy atom. The first kappa shape index (κ1) is 11.7. The molecule has 0 unspecified atom stereocenters. The van der Waals surface area contributed by atoms with E-state index in [1.807, 2.05) is 6.20 Å². The topological polar surface area (TPSA) is 27.8 Å². The Hall–Kier alpha value is -0.760. The fourth-order valence-electron chi connectivity index (χ4n) is 2.73. The van der Waals surface area contributed by atoms with Crippen LogP contribution in [0.15, 0.2) is 18.3 Å². The third-order valence-electron chi connectivity index (χ3n) is 3.95. The van der Waals surface area contributed by atoms with Crippen molar-refractivity contribution in [3.05, 3.63) is 24.0 Å². The highest BCUT2D eigenvalue weighted by Crippen LogP contribution is 2.30. The van der Waals surface area contributed by atoms with Crippen molar-refractivity contribution in [1.82, 2.24) is 10.3 Å². The SMILES string of the molecule is CCC1CCC(CNCc2ccc[nH]2)CC1. The molecule has 1 aliphatic rings. The Bertz CT molecular complexity index is 271. The molecule has 2 N–H and O–H groups in total. The summed E-state index contributed by atoms with van der Waals surface area (Å²) >= 11 is 0. The summed E-state index contributed by atoms with van der Waals surface area (Å²) in [4.78, 5) is 3.23. The van der Waals surface area contributed by atoms with Crippen LogP contribution in [0, 0.1) is 11.8 Å². The average Bonchev–Trinajstić information content (AvgIpc) is 2.83. The van der Waals surface area contributed by atoms with Gasteiger partial charge in [0.25, 0.3) is 0 Å². The molecule has 90 valence electrons. The maximum atomic E-state index is 3.56. The van der Waals surface area contributed by atoms with Gasteiger partial charge in [0.05, 0.1) is 0 Å². The summed E-state index contributed by atoms with van der Waals surface area (Å²) < 4.78 is 0. The van der Waals surface area contributed by atoms with Crippen molar-refractivity contribution >= 4 is 0 Å². The molecule has 1 saturated carbocycles. The van der Waals surface area contributed by atoms with Crippen LogP contribution in [0.3, 0.4) is 0 Å². The summed E-state index contributed by atoms with van der Waals surface area (Å²) in [5.74, 6) is 1.93. The maximum Gasteiger partial charge on any atom is 0.0357 e. The Morgan fingerprint density at radius 2 is 2.00 bits per heavy atom. The van der Waals surface area contributed by atoms with Crippen LogP contribution >= 0.6 is 0 Å². The van der Waals surface area contributed by atoms with Crippen molar-refractivity contribution in [2.45, 2.75) is 45.6 Å². The second kappa shape index (κ2) is 6.09. The largest absolute Gasteiger partial charge is 0.364 e. The van der Waals surface area contributed by atoms with E-state index in [1.54, 1.807) is 0 Å². The van der Waals surface area contributed by atoms with Gasteiger partial charge in [0, 0.05) is 18.4 Å². The predicted molar refractivity (Wildman–Crippen MR) is 68.2 cm³/mol. The summed E-state index contributed by atoms with van der Waals surface area (Å²) in [7, 11) is 0. The third kappa shape index (κ3) is 3.38. The Labute approximate surface area is 98.8 Å². The second-order valence-corrected chi connectivity index (χ2v) is 5.12. The molecule has 1 aromatic rings. The number of aromatic amines is 1. The van der Waals surface area contributed by atoms with E-state index in [-0.39, 0.29) is 0 Å². The van der Waals surface area contributed by atoms with Crippen LogP contribution < -0.4 is 5.32 Å². The lowest BCUT2D eigenvalue weighted by atomic mass is 9.81. The summed E-state index contributed by atoms with van der Waals surface area (Å²) in [6, 6.07) is 4.20. The van der Waals surface area contributed by atoms with Crippen molar-refractivity contribution < 1.29 is 0 Å². The van der Waals surface area contributed by atoms with Crippen LogP contribution in [0.2, 0.25) is 0 Å². The van der Waals surface area contributed by atoms with Gasteiger partial charge in [-0.25, -0.2) is 0 Å². The standard InChI is InChI=1S/C14H24N2/c1-2-12-5-7-13(8-6-12)10-15-11-14-4-3-9-16-14/h3-4,9,12-13,15-16H,2,5-8,10-11H2,1H3. The van der Waals surface area contributed by atoms with E-state index in [1.165, 1.54) is 44.3 Å². The van der Waals surface area contributed by atoms with Crippen molar-refractivity contribution in [2.24, 2.45) is 11.8 Å². The molecule has 16 heavy (non-hydrogen) atoms. The molecule has 0 aliphatic heterocycles. The number of rotatable bonds is 5. The van der Waals surface area contributed by atoms with E-state index in [9.17, 15) is 0 Å². The summed E-state index contributed by atoms with van der Waals surface area (Å²) in [6.07, 6.45) is 9.12. The van der Waals surface area contributed by atoms with Crippen molar-refractivity contribution in [3.63, 3.8) is 0 Å². The first-order valence-corrected chi connectivity index (χ1v) is 6.71. The number of hydrogen-bond donors (Lipinski definition) is 2. The van der Waals surface area contributed by atoms with E-state index in [0.717, 1.165) is 18.4 Å². The van der Waals surface area contributed by atoms with E-state index in [2.05, 4.69) is 29.4 Å². The van der Waals surface area contributed by atoms with Crippen LogP contribution in [0.4, 0.5) is 0 Å². The fraction of sp³-hybridized carbons (Fsp3) is 0.714. The third-order valence-corrected chi connectivity index (χ3v) is 3.95. The molecule has 2 heteroatoms. The van der Waals surface area contributed by atoms with Crippen LogP contribution in [-0.4, -0.2) is 11.5 Å². The molecule has 1 aliphatic carbocycles. The zero-order chi connectivity index (χ0) is 11.2. The predicted octanol–water partition coefficient (Wildman–Crippen LogP) is 3.32. The van der Waals surface area contributed by atoms with Crippen LogP contribution in [-0.2, 0) is 6.54 Å². The van der Waals surface area contributed by atoms with Crippen molar-refractivity contribution in [1.29, 1.82) is 0 Å². The van der Waals surface area contributed by atoms with Gasteiger partial charge >= 0.3 is 0 Å². The van der Waals surface area contributed by atoms with Gasteiger partial charge in [-0.2, -0.15) is 0 Å². The Kier molecular flexibility index (Phi) is 4.46. The fourth-order valence-corrected chi connectivity index (χ4v) is 2.73. The first-order valence-electron chi connectivity index (χ1n) is 6.71. The van der Waals surface area contributed by atoms with Gasteiger partial charge in [-0.05, 0) is 43.4 Å². The Balaban J connectivity index is 1.60. The molecule has 0 spiro atoms. The van der Waals surface area contributed by atoms with Gasteiger partial charge in [-0.3, -0.25) is 0 Å². The number of hydrogen-bond acceptors (Lipinski definition) is 1. The lowest BCUT2D eigenvalue weighted by Crippen LogP contribution is -2.26. The lowest BCUT2D eigenvalue weighted by molar-refractivity contribution is 0.262. The summed E-state index contributed by atoms with van der Waals surface area (Å²) in [5.41, 5.74) is 1.29. The quantitative estimate of drug-likeness (QED) is 0.782. The molecule has 0 atom stereocenters. The highest BCUT2D eigenvalue weighted by Gasteiger charge is 2.19. The van der Waals surface area contributed by atoms with Gasteiger partial charge in [0.15, 0.2) is 0 Å². The van der Waals surface area contributed by atoms with E-state index < -0.39 is 0 Å². The van der Waals surface area contributed by atoms with E-state index in [4.69, 9.17) is 0 Å². The van der Waals surface area contributed by atoms with Gasteiger partial charge in [0.2, 0.25) is 0 Å². The zero-order valence-electron chi connectivity index (χ0n) is 10.3. The molecule has 0 bridgehead atoms. The van der Waals surface area contributed by atoms with Gasteiger partial charge in [0.1, 0.15) is 0 Å². The minimum atomic E-state index is 0.915. The highest BCUT2D eigenvalue weighted by atomic mass is 14.9. The van der Waals surface area contributed by atoms with Crippen LogP contribution in [0.25, 0.3) is 0 Å². The minimum Gasteiger partial charge on any atom is -0.364 e. The van der Waals surface area contributed by atoms with E-state index >= 15 is 0 Å². The molecule has 1 aromatic heterocycles. The van der Waals surface area contributed by atoms with Crippen LogP contribution in [0.5, 0.6) is 0 Å². The average molecular weight is 220 g/mol. The van der Waals surface area contributed by atoms with Gasteiger partial charge < -0.3 is 10.3 Å². The molecule has 2 rings (SSSR count). The molecule has 1 heterocycles. The molecule has 0 amide bonds. The van der Waals surface area contributed by atoms with Crippen molar-refractivity contribution in [3.8, 4) is 0 Å². The second-order valence-electron chi connectivity index (χ2n) is 5.12. The molecule has 2 nitrogen and oxygen atoms in total. The van der Waals surface area contributed by atoms with Crippen molar-refractivity contribution in [2.75, 3.05) is 6.54 Å². The minimum absolute atomic E-state index is 0.915. The van der Waals surface area contributed by atoms with Gasteiger partial charge in [-0.1, -0.05) is 26.2 Å². The molecule has 1 fully saturated rings.